The lowest BCUT2D eigenvalue weighted by Crippen LogP contribution is -2.40. The van der Waals surface area contributed by atoms with Crippen molar-refractivity contribution in [1.29, 1.82) is 0 Å². The molecule has 1 aromatic carbocycles. The third-order valence-corrected chi connectivity index (χ3v) is 2.70. The number of halogens is 1. The minimum atomic E-state index is -0.561. The molecule has 0 aliphatic rings. The average Bonchev–Trinajstić information content (AvgIpc) is 2.29. The Morgan fingerprint density at radius 3 is 2.53 bits per heavy atom. The van der Waals surface area contributed by atoms with E-state index in [1.54, 1.807) is 12.1 Å². The molecule has 0 bridgehead atoms. The Hall–Kier alpha value is -1.75. The van der Waals surface area contributed by atoms with Crippen LogP contribution in [0.1, 0.15) is 24.2 Å². The van der Waals surface area contributed by atoms with Crippen molar-refractivity contribution in [2.75, 3.05) is 18.8 Å². The van der Waals surface area contributed by atoms with Crippen LogP contribution in [0.2, 0.25) is 5.02 Å². The highest BCUT2D eigenvalue weighted by Gasteiger charge is 2.20. The lowest BCUT2D eigenvalue weighted by molar-refractivity contribution is -0.118. The summed E-state index contributed by atoms with van der Waals surface area (Å²) in [5, 5.41) is 0.418. The van der Waals surface area contributed by atoms with Crippen LogP contribution in [0.5, 0.6) is 0 Å². The van der Waals surface area contributed by atoms with E-state index in [9.17, 15) is 9.59 Å². The monoisotopic (exact) mass is 283 g/mol. The van der Waals surface area contributed by atoms with E-state index in [1.807, 2.05) is 13.8 Å². The van der Waals surface area contributed by atoms with E-state index in [4.69, 9.17) is 23.1 Å². The topological polar surface area (TPSA) is 89.4 Å². The minimum Gasteiger partial charge on any atom is -0.398 e. The maximum atomic E-state index is 12.4. The summed E-state index contributed by atoms with van der Waals surface area (Å²) >= 11 is 5.86. The molecule has 0 aromatic heterocycles. The Balaban J connectivity index is 3.03. The molecule has 0 spiro atoms. The van der Waals surface area contributed by atoms with Gasteiger partial charge in [0.2, 0.25) is 5.91 Å². The van der Waals surface area contributed by atoms with Gasteiger partial charge < -0.3 is 16.4 Å². The van der Waals surface area contributed by atoms with E-state index in [0.29, 0.717) is 17.3 Å². The molecule has 0 radical (unpaired) electrons. The smallest absolute Gasteiger partial charge is 0.256 e. The molecule has 0 unspecified atom stereocenters. The SMILES string of the molecule is CC(C)CN(CC(N)=O)C(=O)c1cc(Cl)ccc1N. The summed E-state index contributed by atoms with van der Waals surface area (Å²) in [6.45, 7) is 4.18. The molecule has 0 heterocycles. The fourth-order valence-corrected chi connectivity index (χ4v) is 1.90. The molecule has 0 aliphatic heterocycles. The van der Waals surface area contributed by atoms with Crippen LogP contribution in [-0.2, 0) is 4.79 Å². The minimum absolute atomic E-state index is 0.136. The second-order valence-corrected chi connectivity index (χ2v) is 5.21. The Morgan fingerprint density at radius 1 is 1.37 bits per heavy atom. The van der Waals surface area contributed by atoms with Crippen LogP contribution in [0.25, 0.3) is 0 Å². The first-order valence-corrected chi connectivity index (χ1v) is 6.31. The van der Waals surface area contributed by atoms with E-state index in [0.717, 1.165) is 0 Å². The molecule has 0 saturated carbocycles. The number of hydrogen-bond acceptors (Lipinski definition) is 3. The molecule has 4 N–H and O–H groups in total. The van der Waals surface area contributed by atoms with E-state index in [-0.39, 0.29) is 23.9 Å². The van der Waals surface area contributed by atoms with Gasteiger partial charge in [0, 0.05) is 17.3 Å². The van der Waals surface area contributed by atoms with Crippen LogP contribution in [0.4, 0.5) is 5.69 Å². The summed E-state index contributed by atoms with van der Waals surface area (Å²) in [4.78, 5) is 24.8. The van der Waals surface area contributed by atoms with Crippen LogP contribution in [0.15, 0.2) is 18.2 Å². The van der Waals surface area contributed by atoms with E-state index >= 15 is 0 Å². The normalized spacial score (nSPS) is 10.5. The van der Waals surface area contributed by atoms with Crippen molar-refractivity contribution >= 4 is 29.1 Å². The van der Waals surface area contributed by atoms with Crippen molar-refractivity contribution in [2.45, 2.75) is 13.8 Å². The highest BCUT2D eigenvalue weighted by Crippen LogP contribution is 2.20. The number of nitrogens with two attached hydrogens (primary N) is 2. The Labute approximate surface area is 117 Å². The molecule has 0 atom stereocenters. The van der Waals surface area contributed by atoms with Crippen LogP contribution in [-0.4, -0.2) is 29.8 Å². The fraction of sp³-hybridized carbons (Fsp3) is 0.385. The van der Waals surface area contributed by atoms with Crippen molar-refractivity contribution in [3.63, 3.8) is 0 Å². The molecular weight excluding hydrogens is 266 g/mol. The summed E-state index contributed by atoms with van der Waals surface area (Å²) in [5.74, 6) is -0.689. The van der Waals surface area contributed by atoms with Crippen LogP contribution in [0, 0.1) is 5.92 Å². The van der Waals surface area contributed by atoms with Gasteiger partial charge in [0.05, 0.1) is 12.1 Å². The van der Waals surface area contributed by atoms with Gasteiger partial charge in [-0.2, -0.15) is 0 Å². The molecule has 2 amide bonds. The van der Waals surface area contributed by atoms with Gasteiger partial charge in [-0.3, -0.25) is 9.59 Å². The van der Waals surface area contributed by atoms with Crippen molar-refractivity contribution < 1.29 is 9.59 Å². The number of carbonyl (C=O) groups is 2. The number of anilines is 1. The number of benzene rings is 1. The zero-order chi connectivity index (χ0) is 14.6. The summed E-state index contributed by atoms with van der Waals surface area (Å²) in [6.07, 6.45) is 0. The average molecular weight is 284 g/mol. The number of hydrogen-bond donors (Lipinski definition) is 2. The first kappa shape index (κ1) is 15.3. The largest absolute Gasteiger partial charge is 0.398 e. The van der Waals surface area contributed by atoms with E-state index in [1.165, 1.54) is 11.0 Å². The molecule has 0 saturated heterocycles. The van der Waals surface area contributed by atoms with Crippen molar-refractivity contribution in [3.8, 4) is 0 Å². The first-order chi connectivity index (χ1) is 8.81. The number of nitrogens with zero attached hydrogens (tertiary/aromatic N) is 1. The van der Waals surface area contributed by atoms with Gasteiger partial charge >= 0.3 is 0 Å². The predicted molar refractivity (Wildman–Crippen MR) is 75.8 cm³/mol. The van der Waals surface area contributed by atoms with Gasteiger partial charge in [-0.15, -0.1) is 0 Å². The third kappa shape index (κ3) is 4.44. The number of amides is 2. The van der Waals surface area contributed by atoms with Gasteiger partial charge in [-0.25, -0.2) is 0 Å². The van der Waals surface area contributed by atoms with Crippen molar-refractivity contribution in [3.05, 3.63) is 28.8 Å². The molecule has 0 fully saturated rings. The maximum Gasteiger partial charge on any atom is 0.256 e. The molecule has 104 valence electrons. The van der Waals surface area contributed by atoms with Gasteiger partial charge in [-0.1, -0.05) is 25.4 Å². The summed E-state index contributed by atoms with van der Waals surface area (Å²) in [7, 11) is 0. The molecule has 19 heavy (non-hydrogen) atoms. The van der Waals surface area contributed by atoms with Gasteiger partial charge in [0.15, 0.2) is 0 Å². The van der Waals surface area contributed by atoms with E-state index in [2.05, 4.69) is 0 Å². The van der Waals surface area contributed by atoms with Crippen LogP contribution in [0.3, 0.4) is 0 Å². The summed E-state index contributed by atoms with van der Waals surface area (Å²) < 4.78 is 0. The molecule has 1 rings (SSSR count). The first-order valence-electron chi connectivity index (χ1n) is 5.94. The van der Waals surface area contributed by atoms with Crippen LogP contribution >= 0.6 is 11.6 Å². The number of primary amides is 1. The molecule has 0 aliphatic carbocycles. The van der Waals surface area contributed by atoms with Crippen LogP contribution < -0.4 is 11.5 Å². The lowest BCUT2D eigenvalue weighted by Gasteiger charge is -2.23. The second kappa shape index (κ2) is 6.43. The fourth-order valence-electron chi connectivity index (χ4n) is 1.73. The quantitative estimate of drug-likeness (QED) is 0.803. The van der Waals surface area contributed by atoms with Gasteiger partial charge in [0.25, 0.3) is 5.91 Å². The molecule has 1 aromatic rings. The highest BCUT2D eigenvalue weighted by molar-refractivity contribution is 6.31. The summed E-state index contributed by atoms with van der Waals surface area (Å²) in [5.41, 5.74) is 11.5. The zero-order valence-electron chi connectivity index (χ0n) is 11.0. The summed E-state index contributed by atoms with van der Waals surface area (Å²) in [6, 6.07) is 4.66. The predicted octanol–water partition coefficient (Wildman–Crippen LogP) is 1.51. The standard InChI is InChI=1S/C13H18ClN3O2/c1-8(2)6-17(7-12(16)18)13(19)10-5-9(14)3-4-11(10)15/h3-5,8H,6-7,15H2,1-2H3,(H2,16,18). The lowest BCUT2D eigenvalue weighted by atomic mass is 10.1. The highest BCUT2D eigenvalue weighted by atomic mass is 35.5. The van der Waals surface area contributed by atoms with Gasteiger partial charge in [-0.05, 0) is 24.1 Å². The number of rotatable bonds is 5. The van der Waals surface area contributed by atoms with Crippen molar-refractivity contribution in [1.82, 2.24) is 4.90 Å². The number of nitrogen functional groups attached to an aromatic ring is 1. The maximum absolute atomic E-state index is 12.4. The Morgan fingerprint density at radius 2 is 2.00 bits per heavy atom. The van der Waals surface area contributed by atoms with Gasteiger partial charge in [0.1, 0.15) is 0 Å². The Kier molecular flexibility index (Phi) is 5.18. The van der Waals surface area contributed by atoms with Crippen molar-refractivity contribution in [2.24, 2.45) is 11.7 Å². The zero-order valence-corrected chi connectivity index (χ0v) is 11.8. The molecule has 6 heteroatoms. The molecular formula is C13H18ClN3O2. The third-order valence-electron chi connectivity index (χ3n) is 2.47. The number of carbonyl (C=O) groups excluding carboxylic acids is 2. The van der Waals surface area contributed by atoms with E-state index < -0.39 is 5.91 Å². The molecule has 5 nitrogen and oxygen atoms in total. The second-order valence-electron chi connectivity index (χ2n) is 4.78. The Bertz CT molecular complexity index is 489.